The Balaban J connectivity index is 1.88. The lowest BCUT2D eigenvalue weighted by Gasteiger charge is -2.48. The lowest BCUT2D eigenvalue weighted by atomic mass is 9.77. The second-order valence-electron chi connectivity index (χ2n) is 10.2. The number of likely N-dealkylation sites (N-methyl/N-ethyl adjacent to an activating group) is 1. The molecule has 4 rings (SSSR count). The summed E-state index contributed by atoms with van der Waals surface area (Å²) < 4.78 is 12.1. The summed E-state index contributed by atoms with van der Waals surface area (Å²) in [4.78, 5) is 40.9. The first kappa shape index (κ1) is 31.0. The van der Waals surface area contributed by atoms with Gasteiger partial charge in [-0.3, -0.25) is 9.59 Å². The standard InChI is InChI=1S/C32H35ClN2O7/c1-3-35(4-2)20-19-34-26-17-15-24(16-18-26)31(23-11-7-5-8-12-23)32(33,25-13-9-6-10-14-25)42-29(39)30(40,21-27(36)37)22-28(38)41-31/h5-18,34,40H,3-4,19-22H2,1-2H3,(H,36,37). The van der Waals surface area contributed by atoms with Crippen molar-refractivity contribution in [1.29, 1.82) is 0 Å². The van der Waals surface area contributed by atoms with E-state index in [2.05, 4.69) is 24.1 Å². The molecule has 42 heavy (non-hydrogen) atoms. The molecule has 3 aromatic rings. The number of alkyl halides is 1. The van der Waals surface area contributed by atoms with Crippen molar-refractivity contribution in [2.45, 2.75) is 43.0 Å². The van der Waals surface area contributed by atoms with Crippen molar-refractivity contribution in [3.05, 3.63) is 102 Å². The number of ether oxygens (including phenoxy) is 2. The number of hydrogen-bond donors (Lipinski definition) is 3. The molecule has 10 heteroatoms. The minimum Gasteiger partial charge on any atom is -0.481 e. The molecule has 222 valence electrons. The summed E-state index contributed by atoms with van der Waals surface area (Å²) in [6.45, 7) is 7.67. The Kier molecular flexibility index (Phi) is 9.56. The molecule has 0 spiro atoms. The molecule has 3 atom stereocenters. The molecule has 1 heterocycles. The predicted molar refractivity (Wildman–Crippen MR) is 158 cm³/mol. The van der Waals surface area contributed by atoms with E-state index in [9.17, 15) is 24.6 Å². The van der Waals surface area contributed by atoms with Crippen LogP contribution in [0.1, 0.15) is 43.4 Å². The average Bonchev–Trinajstić information content (AvgIpc) is 2.98. The summed E-state index contributed by atoms with van der Waals surface area (Å²) in [6, 6.07) is 24.1. The number of esters is 2. The molecule has 1 saturated heterocycles. The van der Waals surface area contributed by atoms with Crippen LogP contribution in [-0.2, 0) is 34.5 Å². The van der Waals surface area contributed by atoms with Gasteiger partial charge in [0.15, 0.2) is 5.60 Å². The van der Waals surface area contributed by atoms with E-state index in [4.69, 9.17) is 21.1 Å². The molecule has 3 unspecified atom stereocenters. The smallest absolute Gasteiger partial charge is 0.341 e. The van der Waals surface area contributed by atoms with Crippen molar-refractivity contribution in [3.63, 3.8) is 0 Å². The summed E-state index contributed by atoms with van der Waals surface area (Å²) >= 11 is 7.38. The van der Waals surface area contributed by atoms with E-state index in [1.165, 1.54) is 0 Å². The number of aliphatic hydroxyl groups is 1. The van der Waals surface area contributed by atoms with Gasteiger partial charge in [0.25, 0.3) is 5.06 Å². The van der Waals surface area contributed by atoms with Gasteiger partial charge in [0.1, 0.15) is 0 Å². The van der Waals surface area contributed by atoms with Gasteiger partial charge in [-0.15, -0.1) is 0 Å². The third-order valence-electron chi connectivity index (χ3n) is 7.48. The van der Waals surface area contributed by atoms with Gasteiger partial charge in [0, 0.05) is 35.5 Å². The Labute approximate surface area is 250 Å². The molecule has 1 aliphatic rings. The number of carbonyl (C=O) groups excluding carboxylic acids is 2. The number of halogens is 1. The van der Waals surface area contributed by atoms with Gasteiger partial charge in [-0.2, -0.15) is 0 Å². The fourth-order valence-corrected chi connectivity index (χ4v) is 5.68. The average molecular weight is 595 g/mol. The van der Waals surface area contributed by atoms with Gasteiger partial charge in [-0.05, 0) is 25.2 Å². The first-order valence-electron chi connectivity index (χ1n) is 13.8. The summed E-state index contributed by atoms with van der Waals surface area (Å²) in [5.41, 5.74) is -2.77. The highest BCUT2D eigenvalue weighted by Gasteiger charge is 2.64. The van der Waals surface area contributed by atoms with E-state index in [1.54, 1.807) is 72.8 Å². The van der Waals surface area contributed by atoms with Gasteiger partial charge in [0.05, 0.1) is 12.8 Å². The van der Waals surface area contributed by atoms with Crippen LogP contribution in [0, 0.1) is 0 Å². The first-order valence-corrected chi connectivity index (χ1v) is 14.2. The molecule has 0 amide bonds. The van der Waals surface area contributed by atoms with Crippen LogP contribution in [0.25, 0.3) is 0 Å². The van der Waals surface area contributed by atoms with Crippen LogP contribution >= 0.6 is 11.6 Å². The van der Waals surface area contributed by atoms with Crippen LogP contribution in [0.4, 0.5) is 5.69 Å². The highest BCUT2D eigenvalue weighted by Crippen LogP contribution is 2.55. The number of nitrogens with one attached hydrogen (secondary N) is 1. The Hall–Kier alpha value is -3.92. The summed E-state index contributed by atoms with van der Waals surface area (Å²) in [7, 11) is 0. The molecule has 0 aromatic heterocycles. The second-order valence-corrected chi connectivity index (χ2v) is 10.7. The fourth-order valence-electron chi connectivity index (χ4n) is 5.23. The van der Waals surface area contributed by atoms with Gasteiger partial charge in [-0.25, -0.2) is 4.79 Å². The zero-order valence-electron chi connectivity index (χ0n) is 23.6. The number of benzene rings is 3. The van der Waals surface area contributed by atoms with E-state index >= 15 is 0 Å². The van der Waals surface area contributed by atoms with Crippen molar-refractivity contribution in [3.8, 4) is 0 Å². The van der Waals surface area contributed by atoms with Crippen molar-refractivity contribution in [2.24, 2.45) is 0 Å². The van der Waals surface area contributed by atoms with E-state index in [0.717, 1.165) is 25.3 Å². The molecule has 9 nitrogen and oxygen atoms in total. The van der Waals surface area contributed by atoms with E-state index in [-0.39, 0.29) is 5.56 Å². The number of rotatable bonds is 11. The number of cyclic esters (lactones) is 2. The zero-order valence-corrected chi connectivity index (χ0v) is 24.3. The summed E-state index contributed by atoms with van der Waals surface area (Å²) in [5.74, 6) is -3.88. The number of aliphatic carboxylic acids is 1. The second kappa shape index (κ2) is 12.9. The third-order valence-corrected chi connectivity index (χ3v) is 8.04. The molecule has 1 fully saturated rings. The normalized spacial score (nSPS) is 24.3. The molecular weight excluding hydrogens is 560 g/mol. The molecule has 3 aromatic carbocycles. The quantitative estimate of drug-likeness (QED) is 0.218. The lowest BCUT2D eigenvalue weighted by molar-refractivity contribution is -0.219. The lowest BCUT2D eigenvalue weighted by Crippen LogP contribution is -2.58. The Morgan fingerprint density at radius 2 is 1.43 bits per heavy atom. The van der Waals surface area contributed by atoms with Crippen LogP contribution in [-0.4, -0.2) is 64.8 Å². The third kappa shape index (κ3) is 6.13. The fraction of sp³-hybridized carbons (Fsp3) is 0.344. The largest absolute Gasteiger partial charge is 0.481 e. The topological polar surface area (TPSA) is 125 Å². The SMILES string of the molecule is CCN(CC)CCNc1ccc(C2(c3ccccc3)OC(=O)CC(O)(CC(=O)O)C(=O)OC2(Cl)c2ccccc2)cc1. The zero-order chi connectivity index (χ0) is 30.4. The number of carboxylic acids is 1. The Bertz CT molecular complexity index is 1380. The highest BCUT2D eigenvalue weighted by atomic mass is 35.5. The molecule has 0 bridgehead atoms. The number of anilines is 1. The maximum Gasteiger partial charge on any atom is 0.341 e. The van der Waals surface area contributed by atoms with Crippen molar-refractivity contribution >= 4 is 35.2 Å². The van der Waals surface area contributed by atoms with Crippen LogP contribution in [0.15, 0.2) is 84.9 Å². The molecule has 0 saturated carbocycles. The van der Waals surface area contributed by atoms with Crippen LogP contribution in [0.2, 0.25) is 0 Å². The maximum absolute atomic E-state index is 13.5. The number of hydrogen-bond acceptors (Lipinski definition) is 8. The Morgan fingerprint density at radius 1 is 0.881 bits per heavy atom. The molecule has 3 N–H and O–H groups in total. The molecule has 0 aliphatic carbocycles. The number of carboxylic acid groups (broad SMARTS) is 1. The minimum absolute atomic E-state index is 0.248. The van der Waals surface area contributed by atoms with Crippen LogP contribution in [0.3, 0.4) is 0 Å². The highest BCUT2D eigenvalue weighted by molar-refractivity contribution is 6.25. The summed E-state index contributed by atoms with van der Waals surface area (Å²) in [5, 5.41) is 21.6. The predicted octanol–water partition coefficient (Wildman–Crippen LogP) is 4.47. The van der Waals surface area contributed by atoms with Gasteiger partial charge < -0.3 is 29.9 Å². The monoisotopic (exact) mass is 594 g/mol. The minimum atomic E-state index is -2.70. The first-order chi connectivity index (χ1) is 20.1. The number of nitrogens with zero attached hydrogens (tertiary/aromatic N) is 1. The molecule has 1 aliphatic heterocycles. The van der Waals surface area contributed by atoms with Crippen molar-refractivity contribution in [2.75, 3.05) is 31.5 Å². The van der Waals surface area contributed by atoms with Gasteiger partial charge in [-0.1, -0.05) is 98.2 Å². The number of carbonyl (C=O) groups is 3. The van der Waals surface area contributed by atoms with Gasteiger partial charge in [0.2, 0.25) is 5.60 Å². The van der Waals surface area contributed by atoms with Crippen molar-refractivity contribution in [1.82, 2.24) is 4.90 Å². The van der Waals surface area contributed by atoms with E-state index < -0.39 is 47.0 Å². The van der Waals surface area contributed by atoms with Gasteiger partial charge >= 0.3 is 17.9 Å². The van der Waals surface area contributed by atoms with Crippen LogP contribution < -0.4 is 5.32 Å². The van der Waals surface area contributed by atoms with E-state index in [0.29, 0.717) is 17.7 Å². The van der Waals surface area contributed by atoms with Crippen molar-refractivity contribution < 1.29 is 34.1 Å². The maximum atomic E-state index is 13.5. The Morgan fingerprint density at radius 3 is 1.98 bits per heavy atom. The van der Waals surface area contributed by atoms with E-state index in [1.807, 2.05) is 12.1 Å². The molecule has 0 radical (unpaired) electrons. The molecular formula is C32H35ClN2O7. The van der Waals surface area contributed by atoms with Crippen LogP contribution in [0.5, 0.6) is 0 Å². The summed E-state index contributed by atoms with van der Waals surface area (Å²) in [6.07, 6.45) is -2.02.